The minimum atomic E-state index is -0.970. The van der Waals surface area contributed by atoms with Crippen LogP contribution in [-0.4, -0.2) is 29.6 Å². The summed E-state index contributed by atoms with van der Waals surface area (Å²) in [4.78, 5) is 35.6. The smallest absolute Gasteiger partial charge is 0.341 e. The van der Waals surface area contributed by atoms with Crippen molar-refractivity contribution in [3.63, 3.8) is 0 Å². The molecular weight excluding hydrogens is 342 g/mol. The van der Waals surface area contributed by atoms with Crippen molar-refractivity contribution in [3.8, 4) is 11.1 Å². The van der Waals surface area contributed by atoms with Gasteiger partial charge in [-0.25, -0.2) is 4.79 Å². The highest BCUT2D eigenvalue weighted by atomic mass is 32.1. The molecule has 0 spiro atoms. The maximum atomic E-state index is 12.4. The fourth-order valence-electron chi connectivity index (χ4n) is 2.65. The number of rotatable bonds is 6. The fourth-order valence-corrected chi connectivity index (χ4v) is 3.61. The Morgan fingerprint density at radius 3 is 2.56 bits per heavy atom. The summed E-state index contributed by atoms with van der Waals surface area (Å²) in [6, 6.07) is 9.35. The fraction of sp³-hybridized carbons (Fsp3) is 0.278. The molecule has 0 aliphatic heterocycles. The van der Waals surface area contributed by atoms with Gasteiger partial charge in [0.2, 0.25) is 5.91 Å². The summed E-state index contributed by atoms with van der Waals surface area (Å²) in [6.07, 6.45) is 0.326. The summed E-state index contributed by atoms with van der Waals surface area (Å²) >= 11 is 1.23. The summed E-state index contributed by atoms with van der Waals surface area (Å²) in [5, 5.41) is 13.8. The molecule has 6 nitrogen and oxygen atoms in total. The lowest BCUT2D eigenvalue weighted by molar-refractivity contribution is -0.139. The van der Waals surface area contributed by atoms with E-state index >= 15 is 0 Å². The molecule has 1 aliphatic rings. The van der Waals surface area contributed by atoms with Gasteiger partial charge in [-0.15, -0.1) is 11.3 Å². The number of benzene rings is 1. The first-order valence-electron chi connectivity index (χ1n) is 7.90. The van der Waals surface area contributed by atoms with Crippen molar-refractivity contribution in [1.29, 1.82) is 0 Å². The van der Waals surface area contributed by atoms with Crippen molar-refractivity contribution in [2.45, 2.75) is 13.3 Å². The highest BCUT2D eigenvalue weighted by molar-refractivity contribution is 7.15. The van der Waals surface area contributed by atoms with E-state index in [0.29, 0.717) is 22.5 Å². The van der Waals surface area contributed by atoms with E-state index in [2.05, 4.69) is 5.32 Å². The third-order valence-electron chi connectivity index (χ3n) is 4.04. The van der Waals surface area contributed by atoms with E-state index in [1.807, 2.05) is 30.3 Å². The Morgan fingerprint density at radius 2 is 1.96 bits per heavy atom. The summed E-state index contributed by atoms with van der Waals surface area (Å²) in [5.74, 6) is -3.04. The van der Waals surface area contributed by atoms with Gasteiger partial charge in [-0.3, -0.25) is 9.59 Å². The first-order valence-corrected chi connectivity index (χ1v) is 8.78. The zero-order chi connectivity index (χ0) is 18.0. The van der Waals surface area contributed by atoms with E-state index in [-0.39, 0.29) is 12.5 Å². The third-order valence-corrected chi connectivity index (χ3v) is 4.93. The lowest BCUT2D eigenvalue weighted by atomic mass is 10.0. The Morgan fingerprint density at radius 1 is 1.24 bits per heavy atom. The van der Waals surface area contributed by atoms with Crippen molar-refractivity contribution in [1.82, 2.24) is 0 Å². The second-order valence-corrected chi connectivity index (χ2v) is 6.60. The Kier molecular flexibility index (Phi) is 4.85. The lowest BCUT2D eigenvalue weighted by Crippen LogP contribution is -2.18. The topological polar surface area (TPSA) is 92.7 Å². The van der Waals surface area contributed by atoms with Crippen LogP contribution in [0.1, 0.15) is 23.7 Å². The van der Waals surface area contributed by atoms with Crippen molar-refractivity contribution in [2.75, 3.05) is 11.9 Å². The molecule has 2 N–H and O–H groups in total. The summed E-state index contributed by atoms with van der Waals surface area (Å²) in [6.45, 7) is 1.94. The number of carbonyl (C=O) groups is 3. The molecule has 0 saturated heterocycles. The number of anilines is 1. The standard InChI is InChI=1S/C18H17NO5S/c1-2-24-18(23)14-13(10-6-4-3-5-7-10)9-25-16(14)19-15(20)11-8-12(11)17(21)22/h3-7,9,11-12H,2,8H2,1H3,(H,19,20)(H,21,22). The molecule has 0 radical (unpaired) electrons. The van der Waals surface area contributed by atoms with Crippen LogP contribution in [0, 0.1) is 11.8 Å². The van der Waals surface area contributed by atoms with Gasteiger partial charge < -0.3 is 15.2 Å². The van der Waals surface area contributed by atoms with Crippen LogP contribution >= 0.6 is 11.3 Å². The minimum Gasteiger partial charge on any atom is -0.481 e. The molecule has 130 valence electrons. The van der Waals surface area contributed by atoms with Gasteiger partial charge in [0.1, 0.15) is 10.6 Å². The SMILES string of the molecule is CCOC(=O)c1c(-c2ccccc2)csc1NC(=O)C1CC1C(=O)O. The van der Waals surface area contributed by atoms with Gasteiger partial charge in [-0.1, -0.05) is 30.3 Å². The first-order chi connectivity index (χ1) is 12.0. The number of amides is 1. The van der Waals surface area contributed by atoms with Gasteiger partial charge in [0.15, 0.2) is 0 Å². The molecule has 2 atom stereocenters. The van der Waals surface area contributed by atoms with Gasteiger partial charge in [0.05, 0.1) is 18.4 Å². The van der Waals surface area contributed by atoms with E-state index in [1.54, 1.807) is 12.3 Å². The predicted octanol–water partition coefficient (Wildman–Crippen LogP) is 3.25. The Bertz CT molecular complexity index is 814. The molecule has 1 aromatic carbocycles. The van der Waals surface area contributed by atoms with Crippen LogP contribution in [0.25, 0.3) is 11.1 Å². The monoisotopic (exact) mass is 359 g/mol. The van der Waals surface area contributed by atoms with Crippen molar-refractivity contribution in [2.24, 2.45) is 11.8 Å². The zero-order valence-electron chi connectivity index (χ0n) is 13.5. The quantitative estimate of drug-likeness (QED) is 0.772. The molecule has 1 aliphatic carbocycles. The van der Waals surface area contributed by atoms with Crippen molar-refractivity contribution < 1.29 is 24.2 Å². The molecule has 0 bridgehead atoms. The molecule has 1 aromatic heterocycles. The molecule has 1 saturated carbocycles. The zero-order valence-corrected chi connectivity index (χ0v) is 14.3. The molecule has 3 rings (SSSR count). The van der Waals surface area contributed by atoms with E-state index in [1.165, 1.54) is 11.3 Å². The molecule has 2 unspecified atom stereocenters. The van der Waals surface area contributed by atoms with Crippen LogP contribution in [0.3, 0.4) is 0 Å². The molecule has 1 amide bonds. The van der Waals surface area contributed by atoms with Crippen LogP contribution in [0.5, 0.6) is 0 Å². The number of carbonyl (C=O) groups excluding carboxylic acids is 2. The van der Waals surface area contributed by atoms with E-state index < -0.39 is 23.8 Å². The minimum absolute atomic E-state index is 0.222. The number of thiophene rings is 1. The summed E-state index contributed by atoms with van der Waals surface area (Å²) in [5.41, 5.74) is 1.83. The van der Waals surface area contributed by atoms with Crippen LogP contribution in [0.2, 0.25) is 0 Å². The Labute approximate surface area is 148 Å². The second kappa shape index (κ2) is 7.06. The molecule has 7 heteroatoms. The molecule has 1 heterocycles. The van der Waals surface area contributed by atoms with Gasteiger partial charge in [0, 0.05) is 10.9 Å². The van der Waals surface area contributed by atoms with E-state index in [9.17, 15) is 14.4 Å². The molecule has 25 heavy (non-hydrogen) atoms. The number of aliphatic carboxylic acids is 1. The molecular formula is C18H17NO5S. The number of ether oxygens (including phenoxy) is 1. The van der Waals surface area contributed by atoms with Gasteiger partial charge in [-0.05, 0) is 18.9 Å². The summed E-state index contributed by atoms with van der Waals surface area (Å²) in [7, 11) is 0. The number of esters is 1. The largest absolute Gasteiger partial charge is 0.481 e. The van der Waals surface area contributed by atoms with Gasteiger partial charge in [0.25, 0.3) is 0 Å². The number of carboxylic acids is 1. The van der Waals surface area contributed by atoms with Crippen molar-refractivity contribution >= 4 is 34.2 Å². The van der Waals surface area contributed by atoms with Crippen molar-refractivity contribution in [3.05, 3.63) is 41.3 Å². The molecule has 1 fully saturated rings. The average Bonchev–Trinajstić information content (AvgIpc) is 3.31. The van der Waals surface area contributed by atoms with Crippen LogP contribution in [0.15, 0.2) is 35.7 Å². The van der Waals surface area contributed by atoms with Crippen LogP contribution < -0.4 is 5.32 Å². The number of hydrogen-bond acceptors (Lipinski definition) is 5. The number of hydrogen-bond donors (Lipinski definition) is 2. The Balaban J connectivity index is 1.89. The third kappa shape index (κ3) is 3.56. The predicted molar refractivity (Wildman–Crippen MR) is 93.6 cm³/mol. The normalized spacial score (nSPS) is 18.4. The summed E-state index contributed by atoms with van der Waals surface area (Å²) < 4.78 is 5.13. The Hall–Kier alpha value is -2.67. The van der Waals surface area contributed by atoms with E-state index in [4.69, 9.17) is 9.84 Å². The molecule has 2 aromatic rings. The number of carboxylic acid groups (broad SMARTS) is 1. The van der Waals surface area contributed by atoms with Crippen LogP contribution in [0.4, 0.5) is 5.00 Å². The maximum Gasteiger partial charge on any atom is 0.341 e. The highest BCUT2D eigenvalue weighted by Gasteiger charge is 2.48. The van der Waals surface area contributed by atoms with Crippen LogP contribution in [-0.2, 0) is 14.3 Å². The number of nitrogens with one attached hydrogen (secondary N) is 1. The van der Waals surface area contributed by atoms with Gasteiger partial charge in [-0.2, -0.15) is 0 Å². The average molecular weight is 359 g/mol. The maximum absolute atomic E-state index is 12.4. The first kappa shape index (κ1) is 17.2. The highest BCUT2D eigenvalue weighted by Crippen LogP contribution is 2.41. The second-order valence-electron chi connectivity index (χ2n) is 5.72. The van der Waals surface area contributed by atoms with Gasteiger partial charge >= 0.3 is 11.9 Å². The lowest BCUT2D eigenvalue weighted by Gasteiger charge is -2.08. The van der Waals surface area contributed by atoms with E-state index in [0.717, 1.165) is 5.56 Å².